The van der Waals surface area contributed by atoms with E-state index in [2.05, 4.69) is 20.9 Å². The van der Waals surface area contributed by atoms with Gasteiger partial charge < -0.3 is 16.0 Å². The Hall–Kier alpha value is -2.98. The molecule has 1 aromatic heterocycles. The number of amides is 3. The van der Waals surface area contributed by atoms with Gasteiger partial charge in [-0.2, -0.15) is 0 Å². The molecule has 0 aliphatic carbocycles. The number of pyridine rings is 1. The molecular formula is C21H25ClN4O5S. The van der Waals surface area contributed by atoms with Crippen LogP contribution in [0.15, 0.2) is 42.5 Å². The molecule has 0 saturated carbocycles. The Kier molecular flexibility index (Phi) is 9.15. The van der Waals surface area contributed by atoms with Crippen molar-refractivity contribution in [2.24, 2.45) is 0 Å². The lowest BCUT2D eigenvalue weighted by molar-refractivity contribution is -0.123. The van der Waals surface area contributed by atoms with Gasteiger partial charge in [0.15, 0.2) is 0 Å². The number of nitrogens with one attached hydrogen (secondary N) is 3. The van der Waals surface area contributed by atoms with E-state index in [1.807, 2.05) is 0 Å². The van der Waals surface area contributed by atoms with Crippen molar-refractivity contribution >= 4 is 45.0 Å². The SMILES string of the molecule is Cc1cccc(NC(=O)CCNC(=O)C(CCS(C)(=O)=O)NC(=O)c2ccccc2Cl)n1. The minimum absolute atomic E-state index is 0.00613. The van der Waals surface area contributed by atoms with E-state index < -0.39 is 27.7 Å². The third kappa shape index (κ3) is 8.64. The molecule has 2 aromatic rings. The van der Waals surface area contributed by atoms with E-state index in [4.69, 9.17) is 11.6 Å². The standard InChI is InChI=1S/C21H25ClN4O5S/c1-14-6-5-9-18(24-14)26-19(27)10-12-23-21(29)17(11-13-32(2,30)31)25-20(28)15-7-3-4-8-16(15)22/h3-9,17H,10-13H2,1-2H3,(H,23,29)(H,25,28)(H,24,26,27). The molecule has 2 rings (SSSR count). The molecule has 0 bridgehead atoms. The second kappa shape index (κ2) is 11.6. The highest BCUT2D eigenvalue weighted by Crippen LogP contribution is 2.15. The number of halogens is 1. The molecule has 3 N–H and O–H groups in total. The number of hydrogen-bond acceptors (Lipinski definition) is 6. The van der Waals surface area contributed by atoms with Crippen molar-refractivity contribution in [3.05, 3.63) is 58.7 Å². The number of benzene rings is 1. The van der Waals surface area contributed by atoms with Gasteiger partial charge in [-0.1, -0.05) is 29.8 Å². The van der Waals surface area contributed by atoms with Crippen molar-refractivity contribution in [3.8, 4) is 0 Å². The van der Waals surface area contributed by atoms with Crippen molar-refractivity contribution in [2.75, 3.05) is 23.9 Å². The van der Waals surface area contributed by atoms with Crippen LogP contribution in [0, 0.1) is 6.92 Å². The number of carbonyl (C=O) groups is 3. The molecular weight excluding hydrogens is 456 g/mol. The normalized spacial score (nSPS) is 12.0. The predicted molar refractivity (Wildman–Crippen MR) is 122 cm³/mol. The van der Waals surface area contributed by atoms with Gasteiger partial charge in [0, 0.05) is 24.9 Å². The van der Waals surface area contributed by atoms with Gasteiger partial charge in [-0.3, -0.25) is 14.4 Å². The quantitative estimate of drug-likeness (QED) is 0.474. The highest BCUT2D eigenvalue weighted by Gasteiger charge is 2.23. The molecule has 9 nitrogen and oxygen atoms in total. The number of rotatable bonds is 10. The van der Waals surface area contributed by atoms with Gasteiger partial charge in [0.25, 0.3) is 5.91 Å². The number of nitrogens with zero attached hydrogens (tertiary/aromatic N) is 1. The summed E-state index contributed by atoms with van der Waals surface area (Å²) >= 11 is 6.02. The van der Waals surface area contributed by atoms with E-state index in [1.165, 1.54) is 12.1 Å². The van der Waals surface area contributed by atoms with Gasteiger partial charge >= 0.3 is 0 Å². The van der Waals surface area contributed by atoms with Crippen LogP contribution in [0.2, 0.25) is 5.02 Å². The van der Waals surface area contributed by atoms with E-state index >= 15 is 0 Å². The van der Waals surface area contributed by atoms with Crippen LogP contribution in [0.3, 0.4) is 0 Å². The van der Waals surface area contributed by atoms with Crippen LogP contribution in [-0.2, 0) is 19.4 Å². The Balaban J connectivity index is 1.95. The van der Waals surface area contributed by atoms with E-state index in [9.17, 15) is 22.8 Å². The summed E-state index contributed by atoms with van der Waals surface area (Å²) in [6.07, 6.45) is 0.889. The minimum Gasteiger partial charge on any atom is -0.354 e. The zero-order valence-electron chi connectivity index (χ0n) is 17.7. The van der Waals surface area contributed by atoms with Crippen LogP contribution in [0.4, 0.5) is 5.82 Å². The lowest BCUT2D eigenvalue weighted by atomic mass is 10.1. The number of hydrogen-bond donors (Lipinski definition) is 3. The van der Waals surface area contributed by atoms with Crippen molar-refractivity contribution in [2.45, 2.75) is 25.8 Å². The smallest absolute Gasteiger partial charge is 0.253 e. The molecule has 0 aliphatic rings. The average molecular weight is 481 g/mol. The second-order valence-corrected chi connectivity index (χ2v) is 9.84. The molecule has 1 heterocycles. The predicted octanol–water partition coefficient (Wildman–Crippen LogP) is 1.72. The van der Waals surface area contributed by atoms with E-state index in [0.29, 0.717) is 5.82 Å². The number of sulfone groups is 1. The Morgan fingerprint density at radius 1 is 1.09 bits per heavy atom. The summed E-state index contributed by atoms with van der Waals surface area (Å²) in [5.41, 5.74) is 0.912. The zero-order valence-corrected chi connectivity index (χ0v) is 19.3. The van der Waals surface area contributed by atoms with E-state index in [-0.39, 0.29) is 41.6 Å². The Labute approximate surface area is 191 Å². The summed E-state index contributed by atoms with van der Waals surface area (Å²) in [6, 6.07) is 10.4. The number of aromatic nitrogens is 1. The van der Waals surface area contributed by atoms with Crippen molar-refractivity contribution in [3.63, 3.8) is 0 Å². The molecule has 1 unspecified atom stereocenters. The first-order valence-corrected chi connectivity index (χ1v) is 12.2. The molecule has 0 saturated heterocycles. The highest BCUT2D eigenvalue weighted by molar-refractivity contribution is 7.90. The molecule has 0 aliphatic heterocycles. The molecule has 3 amide bonds. The number of aryl methyl sites for hydroxylation is 1. The molecule has 1 aromatic carbocycles. The zero-order chi connectivity index (χ0) is 23.7. The van der Waals surface area contributed by atoms with Gasteiger partial charge in [0.1, 0.15) is 21.7 Å². The topological polar surface area (TPSA) is 134 Å². The van der Waals surface area contributed by atoms with E-state index in [0.717, 1.165) is 11.9 Å². The molecule has 11 heteroatoms. The average Bonchev–Trinajstić information content (AvgIpc) is 2.70. The summed E-state index contributed by atoms with van der Waals surface area (Å²) in [4.78, 5) is 41.4. The maximum atomic E-state index is 12.6. The Bertz CT molecular complexity index is 1090. The number of anilines is 1. The maximum Gasteiger partial charge on any atom is 0.253 e. The van der Waals surface area contributed by atoms with Crippen LogP contribution >= 0.6 is 11.6 Å². The highest BCUT2D eigenvalue weighted by atomic mass is 35.5. The van der Waals surface area contributed by atoms with Crippen molar-refractivity contribution in [1.82, 2.24) is 15.6 Å². The fourth-order valence-corrected chi connectivity index (χ4v) is 3.61. The third-order valence-electron chi connectivity index (χ3n) is 4.32. The minimum atomic E-state index is -3.36. The summed E-state index contributed by atoms with van der Waals surface area (Å²) in [7, 11) is -3.36. The molecule has 0 fully saturated rings. The van der Waals surface area contributed by atoms with Crippen molar-refractivity contribution in [1.29, 1.82) is 0 Å². The van der Waals surface area contributed by atoms with Crippen LogP contribution in [0.1, 0.15) is 28.9 Å². The fourth-order valence-electron chi connectivity index (χ4n) is 2.72. The van der Waals surface area contributed by atoms with Gasteiger partial charge in [0.2, 0.25) is 11.8 Å². The van der Waals surface area contributed by atoms with Crippen LogP contribution < -0.4 is 16.0 Å². The lowest BCUT2D eigenvalue weighted by Gasteiger charge is -2.18. The van der Waals surface area contributed by atoms with Crippen LogP contribution in [-0.4, -0.2) is 55.7 Å². The molecule has 0 radical (unpaired) electrons. The summed E-state index contributed by atoms with van der Waals surface area (Å²) < 4.78 is 23.1. The first kappa shape index (κ1) is 25.3. The monoisotopic (exact) mass is 480 g/mol. The second-order valence-electron chi connectivity index (χ2n) is 7.18. The fraction of sp³-hybridized carbons (Fsp3) is 0.333. The summed E-state index contributed by atoms with van der Waals surface area (Å²) in [5, 5.41) is 7.90. The van der Waals surface area contributed by atoms with Gasteiger partial charge in [-0.15, -0.1) is 0 Å². The van der Waals surface area contributed by atoms with E-state index in [1.54, 1.807) is 37.3 Å². The Morgan fingerprint density at radius 3 is 2.47 bits per heavy atom. The first-order valence-electron chi connectivity index (χ1n) is 9.79. The van der Waals surface area contributed by atoms with Crippen LogP contribution in [0.25, 0.3) is 0 Å². The van der Waals surface area contributed by atoms with Crippen LogP contribution in [0.5, 0.6) is 0 Å². The van der Waals surface area contributed by atoms with Gasteiger partial charge in [-0.25, -0.2) is 13.4 Å². The third-order valence-corrected chi connectivity index (χ3v) is 5.63. The van der Waals surface area contributed by atoms with Crippen molar-refractivity contribution < 1.29 is 22.8 Å². The number of carbonyl (C=O) groups excluding carboxylic acids is 3. The van der Waals surface area contributed by atoms with Gasteiger partial charge in [-0.05, 0) is 37.6 Å². The molecule has 0 spiro atoms. The molecule has 172 valence electrons. The Morgan fingerprint density at radius 2 is 1.81 bits per heavy atom. The summed E-state index contributed by atoms with van der Waals surface area (Å²) in [5.74, 6) is -1.45. The first-order chi connectivity index (χ1) is 15.0. The summed E-state index contributed by atoms with van der Waals surface area (Å²) in [6.45, 7) is 1.79. The van der Waals surface area contributed by atoms with Gasteiger partial charge in [0.05, 0.1) is 16.3 Å². The molecule has 1 atom stereocenters. The largest absolute Gasteiger partial charge is 0.354 e. The maximum absolute atomic E-state index is 12.6. The molecule has 32 heavy (non-hydrogen) atoms. The lowest BCUT2D eigenvalue weighted by Crippen LogP contribution is -2.48.